The fourth-order valence-electron chi connectivity index (χ4n) is 1.27. The van der Waals surface area contributed by atoms with Gasteiger partial charge < -0.3 is 0 Å². The van der Waals surface area contributed by atoms with Crippen molar-refractivity contribution in [3.63, 3.8) is 0 Å². The molecule has 0 aliphatic carbocycles. The zero-order chi connectivity index (χ0) is 9.68. The molecule has 0 bridgehead atoms. The fraction of sp³-hybridized carbons (Fsp3) is 0.667. The molecule has 0 saturated heterocycles. The van der Waals surface area contributed by atoms with Crippen LogP contribution in [-0.4, -0.2) is 21.3 Å². The first-order valence-electron chi connectivity index (χ1n) is 4.65. The molecule has 0 aromatic carbocycles. The van der Waals surface area contributed by atoms with Crippen molar-refractivity contribution in [2.24, 2.45) is 5.92 Å². The maximum atomic E-state index is 10.3. The Morgan fingerprint density at radius 3 is 2.69 bits per heavy atom. The van der Waals surface area contributed by atoms with E-state index >= 15 is 0 Å². The van der Waals surface area contributed by atoms with Crippen LogP contribution in [0.3, 0.4) is 0 Å². The van der Waals surface area contributed by atoms with E-state index in [1.807, 2.05) is 0 Å². The van der Waals surface area contributed by atoms with Crippen LogP contribution in [0.1, 0.15) is 37.2 Å². The molecular formula is C9H15N3O. The summed E-state index contributed by atoms with van der Waals surface area (Å²) in [6.45, 7) is 5.17. The van der Waals surface area contributed by atoms with Gasteiger partial charge in [-0.1, -0.05) is 31.9 Å². The average molecular weight is 181 g/mol. The molecule has 0 fully saturated rings. The molecule has 0 atom stereocenters. The van der Waals surface area contributed by atoms with Crippen molar-refractivity contribution < 1.29 is 4.79 Å². The number of aldehydes is 1. The molecule has 0 aliphatic heterocycles. The molecule has 1 aromatic rings. The van der Waals surface area contributed by atoms with E-state index in [-0.39, 0.29) is 0 Å². The van der Waals surface area contributed by atoms with E-state index in [0.717, 1.165) is 25.7 Å². The number of aromatic nitrogens is 3. The molecule has 4 nitrogen and oxygen atoms in total. The second kappa shape index (κ2) is 4.74. The number of rotatable bonds is 5. The van der Waals surface area contributed by atoms with Crippen LogP contribution in [0.25, 0.3) is 0 Å². The molecule has 4 heteroatoms. The van der Waals surface area contributed by atoms with E-state index in [0.29, 0.717) is 11.6 Å². The van der Waals surface area contributed by atoms with Crippen molar-refractivity contribution in [1.29, 1.82) is 0 Å². The van der Waals surface area contributed by atoms with E-state index in [2.05, 4.69) is 24.2 Å². The normalized spacial score (nSPS) is 10.7. The highest BCUT2D eigenvalue weighted by atomic mass is 16.1. The molecule has 1 rings (SSSR count). The van der Waals surface area contributed by atoms with Crippen molar-refractivity contribution in [2.45, 2.75) is 33.2 Å². The lowest BCUT2D eigenvalue weighted by Gasteiger charge is -2.10. The van der Waals surface area contributed by atoms with E-state index in [4.69, 9.17) is 0 Å². The van der Waals surface area contributed by atoms with Gasteiger partial charge in [-0.15, -0.1) is 5.10 Å². The Morgan fingerprint density at radius 1 is 1.54 bits per heavy atom. The van der Waals surface area contributed by atoms with Crippen LogP contribution < -0.4 is 0 Å². The van der Waals surface area contributed by atoms with Crippen molar-refractivity contribution in [2.75, 3.05) is 0 Å². The standard InChI is InChI=1S/C9H15N3O/c1-3-8(4-2)5-12-6-9(7-13)10-11-12/h6-8H,3-5H2,1-2H3. The van der Waals surface area contributed by atoms with E-state index < -0.39 is 0 Å². The summed E-state index contributed by atoms with van der Waals surface area (Å²) in [7, 11) is 0. The predicted molar refractivity (Wildman–Crippen MR) is 49.5 cm³/mol. The largest absolute Gasteiger partial charge is 0.296 e. The average Bonchev–Trinajstić information content (AvgIpc) is 2.61. The van der Waals surface area contributed by atoms with Crippen molar-refractivity contribution >= 4 is 6.29 Å². The van der Waals surface area contributed by atoms with Crippen LogP contribution in [0.15, 0.2) is 6.20 Å². The highest BCUT2D eigenvalue weighted by Gasteiger charge is 2.06. The van der Waals surface area contributed by atoms with Crippen LogP contribution >= 0.6 is 0 Å². The monoisotopic (exact) mass is 181 g/mol. The smallest absolute Gasteiger partial charge is 0.171 e. The number of nitrogens with zero attached hydrogens (tertiary/aromatic N) is 3. The van der Waals surface area contributed by atoms with Crippen molar-refractivity contribution in [3.8, 4) is 0 Å². The molecule has 0 N–H and O–H groups in total. The third-order valence-corrected chi connectivity index (χ3v) is 2.28. The summed E-state index contributed by atoms with van der Waals surface area (Å²) in [5.41, 5.74) is 0.408. The quantitative estimate of drug-likeness (QED) is 0.647. The first-order chi connectivity index (χ1) is 6.30. The second-order valence-electron chi connectivity index (χ2n) is 3.17. The van der Waals surface area contributed by atoms with Crippen LogP contribution in [0.4, 0.5) is 0 Å². The maximum Gasteiger partial charge on any atom is 0.171 e. The zero-order valence-corrected chi connectivity index (χ0v) is 8.10. The van der Waals surface area contributed by atoms with E-state index in [1.54, 1.807) is 10.9 Å². The molecule has 0 unspecified atom stereocenters. The topological polar surface area (TPSA) is 47.8 Å². The zero-order valence-electron chi connectivity index (χ0n) is 8.10. The number of hydrogen-bond donors (Lipinski definition) is 0. The third kappa shape index (κ3) is 2.65. The Balaban J connectivity index is 2.57. The molecule has 0 amide bonds. The van der Waals surface area contributed by atoms with Gasteiger partial charge in [0.1, 0.15) is 5.69 Å². The molecule has 0 radical (unpaired) electrons. The van der Waals surface area contributed by atoms with Crippen molar-refractivity contribution in [1.82, 2.24) is 15.0 Å². The van der Waals surface area contributed by atoms with Gasteiger partial charge in [-0.25, -0.2) is 0 Å². The second-order valence-corrected chi connectivity index (χ2v) is 3.17. The van der Waals surface area contributed by atoms with Crippen LogP contribution in [-0.2, 0) is 6.54 Å². The summed E-state index contributed by atoms with van der Waals surface area (Å²) in [5.74, 6) is 0.626. The fourth-order valence-corrected chi connectivity index (χ4v) is 1.27. The van der Waals surface area contributed by atoms with Gasteiger partial charge in [0, 0.05) is 6.54 Å². The Bertz CT molecular complexity index is 266. The molecular weight excluding hydrogens is 166 g/mol. The summed E-state index contributed by atoms with van der Waals surface area (Å²) in [6, 6.07) is 0. The van der Waals surface area contributed by atoms with Gasteiger partial charge in [0.2, 0.25) is 0 Å². The lowest BCUT2D eigenvalue weighted by Crippen LogP contribution is -2.09. The highest BCUT2D eigenvalue weighted by molar-refractivity contribution is 5.70. The SMILES string of the molecule is CCC(CC)Cn1cc(C=O)nn1. The van der Waals surface area contributed by atoms with Gasteiger partial charge in [-0.3, -0.25) is 9.48 Å². The molecule has 72 valence electrons. The van der Waals surface area contributed by atoms with Crippen molar-refractivity contribution in [3.05, 3.63) is 11.9 Å². The molecule has 0 aliphatic rings. The molecule has 0 spiro atoms. The van der Waals surface area contributed by atoms with Gasteiger partial charge in [-0.05, 0) is 5.92 Å². The lowest BCUT2D eigenvalue weighted by atomic mass is 10.0. The highest BCUT2D eigenvalue weighted by Crippen LogP contribution is 2.09. The van der Waals surface area contributed by atoms with Gasteiger partial charge in [0.25, 0.3) is 0 Å². The molecule has 1 heterocycles. The molecule has 0 saturated carbocycles. The third-order valence-electron chi connectivity index (χ3n) is 2.28. The summed E-state index contributed by atoms with van der Waals surface area (Å²) in [6.07, 6.45) is 4.67. The lowest BCUT2D eigenvalue weighted by molar-refractivity contribution is 0.111. The number of hydrogen-bond acceptors (Lipinski definition) is 3. The van der Waals surface area contributed by atoms with Crippen LogP contribution in [0.2, 0.25) is 0 Å². The van der Waals surface area contributed by atoms with Gasteiger partial charge in [-0.2, -0.15) is 0 Å². The van der Waals surface area contributed by atoms with Crippen LogP contribution in [0, 0.1) is 5.92 Å². The van der Waals surface area contributed by atoms with Gasteiger partial charge >= 0.3 is 0 Å². The van der Waals surface area contributed by atoms with E-state index in [1.165, 1.54) is 0 Å². The summed E-state index contributed by atoms with van der Waals surface area (Å²) in [4.78, 5) is 10.3. The minimum absolute atomic E-state index is 0.408. The van der Waals surface area contributed by atoms with Crippen LogP contribution in [0.5, 0.6) is 0 Å². The maximum absolute atomic E-state index is 10.3. The molecule has 13 heavy (non-hydrogen) atoms. The minimum atomic E-state index is 0.408. The van der Waals surface area contributed by atoms with Gasteiger partial charge in [0.05, 0.1) is 6.20 Å². The molecule has 1 aromatic heterocycles. The van der Waals surface area contributed by atoms with E-state index in [9.17, 15) is 4.79 Å². The summed E-state index contributed by atoms with van der Waals surface area (Å²) in [5, 5.41) is 7.56. The summed E-state index contributed by atoms with van der Waals surface area (Å²) >= 11 is 0. The van der Waals surface area contributed by atoms with Gasteiger partial charge in [0.15, 0.2) is 6.29 Å². The Kier molecular flexibility index (Phi) is 3.61. The number of carbonyl (C=O) groups excluding carboxylic acids is 1. The summed E-state index contributed by atoms with van der Waals surface area (Å²) < 4.78 is 1.74. The first-order valence-corrected chi connectivity index (χ1v) is 4.65. The Labute approximate surface area is 77.9 Å². The minimum Gasteiger partial charge on any atom is -0.296 e. The Hall–Kier alpha value is -1.19. The number of carbonyl (C=O) groups is 1. The predicted octanol–water partition coefficient (Wildman–Crippen LogP) is 1.53. The Morgan fingerprint density at radius 2 is 2.23 bits per heavy atom. The first kappa shape index (κ1) is 9.89.